The van der Waals surface area contributed by atoms with E-state index in [1.807, 2.05) is 61.5 Å². The van der Waals surface area contributed by atoms with Gasteiger partial charge in [-0.05, 0) is 49.6 Å². The maximum Gasteiger partial charge on any atom is 0.249 e. The van der Waals surface area contributed by atoms with Gasteiger partial charge in [0.2, 0.25) is 11.8 Å². The molecule has 0 aliphatic carbocycles. The van der Waals surface area contributed by atoms with Gasteiger partial charge in [0.15, 0.2) is 0 Å². The number of rotatable bonds is 9. The summed E-state index contributed by atoms with van der Waals surface area (Å²) in [6.07, 6.45) is 0.204. The van der Waals surface area contributed by atoms with E-state index in [2.05, 4.69) is 5.32 Å². The summed E-state index contributed by atoms with van der Waals surface area (Å²) in [5, 5.41) is 2.94. The number of aryl methyl sites for hydroxylation is 1. The lowest BCUT2D eigenvalue weighted by atomic mass is 9.97. The van der Waals surface area contributed by atoms with E-state index in [0.29, 0.717) is 23.7 Å². The highest BCUT2D eigenvalue weighted by Crippen LogP contribution is 2.31. The number of anilines is 1. The van der Waals surface area contributed by atoms with Gasteiger partial charge in [-0.15, -0.1) is 0 Å². The SMILES string of the molecule is COc1ccc(NC(=O)C(C)(C)N(Cc2ccccc2C)C(=O)Cc2ccccc2)c(OC)c1. The van der Waals surface area contributed by atoms with Gasteiger partial charge in [0, 0.05) is 12.6 Å². The lowest BCUT2D eigenvalue weighted by molar-refractivity contribution is -0.144. The normalized spacial score (nSPS) is 11.0. The second-order valence-electron chi connectivity index (χ2n) is 8.65. The van der Waals surface area contributed by atoms with Crippen molar-refractivity contribution in [1.29, 1.82) is 0 Å². The third-order valence-corrected chi connectivity index (χ3v) is 5.98. The maximum absolute atomic E-state index is 13.5. The maximum atomic E-state index is 13.5. The molecule has 1 N–H and O–H groups in total. The average molecular weight is 461 g/mol. The fourth-order valence-corrected chi connectivity index (χ4v) is 3.72. The van der Waals surface area contributed by atoms with Crippen LogP contribution in [-0.2, 0) is 22.6 Å². The van der Waals surface area contributed by atoms with Crippen molar-refractivity contribution in [2.75, 3.05) is 19.5 Å². The van der Waals surface area contributed by atoms with Crippen molar-refractivity contribution in [3.05, 3.63) is 89.5 Å². The van der Waals surface area contributed by atoms with Crippen LogP contribution >= 0.6 is 0 Å². The van der Waals surface area contributed by atoms with E-state index < -0.39 is 5.54 Å². The molecule has 0 spiro atoms. The summed E-state index contributed by atoms with van der Waals surface area (Å²) in [6.45, 7) is 5.85. The smallest absolute Gasteiger partial charge is 0.249 e. The van der Waals surface area contributed by atoms with Crippen LogP contribution in [0.4, 0.5) is 5.69 Å². The molecule has 2 amide bonds. The average Bonchev–Trinajstić information content (AvgIpc) is 2.84. The van der Waals surface area contributed by atoms with Crippen molar-refractivity contribution >= 4 is 17.5 Å². The third kappa shape index (κ3) is 5.76. The number of nitrogens with one attached hydrogen (secondary N) is 1. The summed E-state index contributed by atoms with van der Waals surface area (Å²) in [5.74, 6) is 0.653. The molecule has 3 aromatic carbocycles. The summed E-state index contributed by atoms with van der Waals surface area (Å²) in [4.78, 5) is 28.7. The highest BCUT2D eigenvalue weighted by Gasteiger charge is 2.38. The van der Waals surface area contributed by atoms with E-state index in [-0.39, 0.29) is 18.2 Å². The first-order chi connectivity index (χ1) is 16.3. The Kier molecular flexibility index (Phi) is 7.95. The van der Waals surface area contributed by atoms with Crippen molar-refractivity contribution in [2.45, 2.75) is 39.3 Å². The zero-order valence-electron chi connectivity index (χ0n) is 20.4. The van der Waals surface area contributed by atoms with Crippen LogP contribution in [0.25, 0.3) is 0 Å². The number of ether oxygens (including phenoxy) is 2. The van der Waals surface area contributed by atoms with Gasteiger partial charge in [-0.3, -0.25) is 9.59 Å². The van der Waals surface area contributed by atoms with Gasteiger partial charge in [-0.1, -0.05) is 54.6 Å². The first-order valence-corrected chi connectivity index (χ1v) is 11.2. The zero-order chi connectivity index (χ0) is 24.7. The number of methoxy groups -OCH3 is 2. The molecule has 0 unspecified atom stereocenters. The van der Waals surface area contributed by atoms with Crippen LogP contribution in [0.2, 0.25) is 0 Å². The van der Waals surface area contributed by atoms with Crippen LogP contribution in [0.1, 0.15) is 30.5 Å². The lowest BCUT2D eigenvalue weighted by Crippen LogP contribution is -2.55. The molecular weight excluding hydrogens is 428 g/mol. The topological polar surface area (TPSA) is 67.9 Å². The molecule has 0 aliphatic rings. The Labute approximate surface area is 201 Å². The number of carbonyl (C=O) groups is 2. The van der Waals surface area contributed by atoms with Crippen LogP contribution in [0.5, 0.6) is 11.5 Å². The molecular formula is C28H32N2O4. The highest BCUT2D eigenvalue weighted by atomic mass is 16.5. The summed E-state index contributed by atoms with van der Waals surface area (Å²) < 4.78 is 10.7. The van der Waals surface area contributed by atoms with Crippen molar-refractivity contribution in [3.8, 4) is 11.5 Å². The molecule has 0 radical (unpaired) electrons. The van der Waals surface area contributed by atoms with Crippen LogP contribution in [0, 0.1) is 6.92 Å². The second kappa shape index (κ2) is 10.9. The zero-order valence-corrected chi connectivity index (χ0v) is 20.4. The van der Waals surface area contributed by atoms with Crippen molar-refractivity contribution in [1.82, 2.24) is 4.90 Å². The Morgan fingerprint density at radius 2 is 1.59 bits per heavy atom. The molecule has 0 aromatic heterocycles. The quantitative estimate of drug-likeness (QED) is 0.488. The minimum absolute atomic E-state index is 0.128. The molecule has 178 valence electrons. The predicted octanol–water partition coefficient (Wildman–Crippen LogP) is 5.00. The Bertz CT molecular complexity index is 1140. The Morgan fingerprint density at radius 3 is 2.24 bits per heavy atom. The van der Waals surface area contributed by atoms with Crippen molar-refractivity contribution < 1.29 is 19.1 Å². The van der Waals surface area contributed by atoms with Gasteiger partial charge in [-0.25, -0.2) is 0 Å². The molecule has 0 fully saturated rings. The number of nitrogens with zero attached hydrogens (tertiary/aromatic N) is 1. The Morgan fingerprint density at radius 1 is 0.912 bits per heavy atom. The number of benzene rings is 3. The minimum Gasteiger partial charge on any atom is -0.497 e. The summed E-state index contributed by atoms with van der Waals surface area (Å²) >= 11 is 0. The third-order valence-electron chi connectivity index (χ3n) is 5.98. The monoisotopic (exact) mass is 460 g/mol. The van der Waals surface area contributed by atoms with E-state index >= 15 is 0 Å². The molecule has 0 aliphatic heterocycles. The van der Waals surface area contributed by atoms with E-state index in [1.165, 1.54) is 7.11 Å². The number of carbonyl (C=O) groups excluding carboxylic acids is 2. The molecule has 0 bridgehead atoms. The largest absolute Gasteiger partial charge is 0.497 e. The van der Waals surface area contributed by atoms with E-state index in [4.69, 9.17) is 9.47 Å². The van der Waals surface area contributed by atoms with Crippen LogP contribution < -0.4 is 14.8 Å². The van der Waals surface area contributed by atoms with Crippen LogP contribution in [0.3, 0.4) is 0 Å². The molecule has 34 heavy (non-hydrogen) atoms. The summed E-state index contributed by atoms with van der Waals surface area (Å²) in [6, 6.07) is 22.6. The molecule has 0 saturated carbocycles. The van der Waals surface area contributed by atoms with Gasteiger partial charge in [0.25, 0.3) is 0 Å². The number of hydrogen-bond donors (Lipinski definition) is 1. The Balaban J connectivity index is 1.91. The minimum atomic E-state index is -1.14. The molecule has 6 nitrogen and oxygen atoms in total. The first-order valence-electron chi connectivity index (χ1n) is 11.2. The van der Waals surface area contributed by atoms with Gasteiger partial charge in [-0.2, -0.15) is 0 Å². The summed E-state index contributed by atoms with van der Waals surface area (Å²) in [5.41, 5.74) is 2.32. The second-order valence-corrected chi connectivity index (χ2v) is 8.65. The molecule has 3 rings (SSSR count). The number of hydrogen-bond acceptors (Lipinski definition) is 4. The standard InChI is InChI=1S/C28H32N2O4/c1-20-11-9-10-14-22(20)19-30(26(31)17-21-12-7-6-8-13-21)28(2,3)27(32)29-24-16-15-23(33-4)18-25(24)34-5/h6-16,18H,17,19H2,1-5H3,(H,29,32). The van der Waals surface area contributed by atoms with Crippen LogP contribution in [-0.4, -0.2) is 36.5 Å². The first kappa shape index (κ1) is 24.8. The Hall–Kier alpha value is -3.80. The van der Waals surface area contributed by atoms with Gasteiger partial charge < -0.3 is 19.7 Å². The van der Waals surface area contributed by atoms with E-state index in [9.17, 15) is 9.59 Å². The van der Waals surface area contributed by atoms with Crippen molar-refractivity contribution in [2.24, 2.45) is 0 Å². The van der Waals surface area contributed by atoms with E-state index in [1.54, 1.807) is 44.1 Å². The van der Waals surface area contributed by atoms with Crippen LogP contribution in [0.15, 0.2) is 72.8 Å². The number of amides is 2. The molecule has 0 saturated heterocycles. The highest BCUT2D eigenvalue weighted by molar-refractivity contribution is 6.01. The fraction of sp³-hybridized carbons (Fsp3) is 0.286. The molecule has 0 heterocycles. The molecule has 6 heteroatoms. The molecule has 0 atom stereocenters. The van der Waals surface area contributed by atoms with Crippen molar-refractivity contribution in [3.63, 3.8) is 0 Å². The van der Waals surface area contributed by atoms with E-state index in [0.717, 1.165) is 16.7 Å². The predicted molar refractivity (Wildman–Crippen MR) is 134 cm³/mol. The summed E-state index contributed by atoms with van der Waals surface area (Å²) in [7, 11) is 3.10. The lowest BCUT2D eigenvalue weighted by Gasteiger charge is -2.38. The van der Waals surface area contributed by atoms with Gasteiger partial charge in [0.05, 0.1) is 26.3 Å². The van der Waals surface area contributed by atoms with Gasteiger partial charge >= 0.3 is 0 Å². The molecule has 3 aromatic rings. The fourth-order valence-electron chi connectivity index (χ4n) is 3.72. The van der Waals surface area contributed by atoms with Gasteiger partial charge in [0.1, 0.15) is 17.0 Å².